The van der Waals surface area contributed by atoms with Crippen LogP contribution in [0.2, 0.25) is 0 Å². The van der Waals surface area contributed by atoms with Crippen LogP contribution in [-0.2, 0) is 15.8 Å². The normalized spacial score (nSPS) is 17.4. The molecule has 0 spiro atoms. The SMILES string of the molecule is CC(=O)CCCC(=O)N1CCCC(c2cc(C(F)(F)F)c3c(=O)[nH]c(C)nc3n2)C1. The number of aromatic amines is 1. The van der Waals surface area contributed by atoms with Crippen molar-refractivity contribution in [3.8, 4) is 0 Å². The zero-order valence-electron chi connectivity index (χ0n) is 16.8. The number of likely N-dealkylation sites (tertiary alicyclic amines) is 1. The molecule has 1 aliphatic heterocycles. The van der Waals surface area contributed by atoms with Crippen LogP contribution in [0, 0.1) is 6.92 Å². The lowest BCUT2D eigenvalue weighted by Crippen LogP contribution is -2.39. The highest BCUT2D eigenvalue weighted by atomic mass is 19.4. The van der Waals surface area contributed by atoms with E-state index < -0.39 is 22.7 Å². The van der Waals surface area contributed by atoms with E-state index in [2.05, 4.69) is 15.0 Å². The summed E-state index contributed by atoms with van der Waals surface area (Å²) in [6, 6.07) is 0.906. The Hall–Kier alpha value is -2.78. The summed E-state index contributed by atoms with van der Waals surface area (Å²) >= 11 is 0. The number of hydrogen-bond acceptors (Lipinski definition) is 5. The van der Waals surface area contributed by atoms with E-state index in [0.29, 0.717) is 32.2 Å². The number of aromatic nitrogens is 3. The topological polar surface area (TPSA) is 96.0 Å². The average Bonchev–Trinajstić information content (AvgIpc) is 2.65. The van der Waals surface area contributed by atoms with Gasteiger partial charge < -0.3 is 14.7 Å². The van der Waals surface area contributed by atoms with Gasteiger partial charge in [0.2, 0.25) is 5.91 Å². The Balaban J connectivity index is 1.91. The lowest BCUT2D eigenvalue weighted by molar-refractivity contribution is -0.136. The first-order chi connectivity index (χ1) is 14.1. The number of H-pyrrole nitrogens is 1. The van der Waals surface area contributed by atoms with Crippen molar-refractivity contribution in [3.05, 3.63) is 33.5 Å². The summed E-state index contributed by atoms with van der Waals surface area (Å²) in [6.45, 7) is 3.71. The molecule has 30 heavy (non-hydrogen) atoms. The molecule has 7 nitrogen and oxygen atoms in total. The maximum Gasteiger partial charge on any atom is 0.417 e. The molecule has 2 aromatic rings. The highest BCUT2D eigenvalue weighted by Gasteiger charge is 2.36. The Labute approximate surface area is 170 Å². The van der Waals surface area contributed by atoms with Gasteiger partial charge in [0.25, 0.3) is 5.56 Å². The van der Waals surface area contributed by atoms with Gasteiger partial charge in [-0.3, -0.25) is 9.59 Å². The van der Waals surface area contributed by atoms with Crippen LogP contribution in [0.25, 0.3) is 11.0 Å². The quantitative estimate of drug-likeness (QED) is 0.796. The van der Waals surface area contributed by atoms with Gasteiger partial charge in [-0.2, -0.15) is 13.2 Å². The van der Waals surface area contributed by atoms with Gasteiger partial charge in [0.05, 0.1) is 10.9 Å². The van der Waals surface area contributed by atoms with E-state index >= 15 is 0 Å². The highest BCUT2D eigenvalue weighted by molar-refractivity contribution is 5.80. The lowest BCUT2D eigenvalue weighted by Gasteiger charge is -2.33. The molecule has 3 heterocycles. The van der Waals surface area contributed by atoms with Crippen molar-refractivity contribution >= 4 is 22.7 Å². The minimum absolute atomic E-state index is 0.0112. The fourth-order valence-corrected chi connectivity index (χ4v) is 3.79. The summed E-state index contributed by atoms with van der Waals surface area (Å²) < 4.78 is 41.0. The molecule has 1 aliphatic rings. The Morgan fingerprint density at radius 1 is 1.27 bits per heavy atom. The molecule has 1 N–H and O–H groups in total. The second kappa shape index (κ2) is 8.53. The number of fused-ring (bicyclic) bond motifs is 1. The van der Waals surface area contributed by atoms with Crippen molar-refractivity contribution < 1.29 is 22.8 Å². The Kier molecular flexibility index (Phi) is 6.23. The Bertz CT molecular complexity index is 1030. The van der Waals surface area contributed by atoms with Crippen LogP contribution < -0.4 is 5.56 Å². The van der Waals surface area contributed by atoms with Crippen LogP contribution in [-0.4, -0.2) is 44.6 Å². The predicted octanol–water partition coefficient (Wildman–Crippen LogP) is 3.11. The zero-order chi connectivity index (χ0) is 22.1. The van der Waals surface area contributed by atoms with Crippen molar-refractivity contribution in [2.75, 3.05) is 13.1 Å². The van der Waals surface area contributed by atoms with Gasteiger partial charge in [0.15, 0.2) is 5.65 Å². The number of pyridine rings is 1. The number of nitrogens with zero attached hydrogens (tertiary/aromatic N) is 3. The number of rotatable bonds is 5. The number of hydrogen-bond donors (Lipinski definition) is 1. The summed E-state index contributed by atoms with van der Waals surface area (Å²) in [4.78, 5) is 47.8. The van der Waals surface area contributed by atoms with E-state index in [1.807, 2.05) is 0 Å². The molecule has 2 aromatic heterocycles. The molecule has 0 aliphatic carbocycles. The largest absolute Gasteiger partial charge is 0.417 e. The molecule has 0 radical (unpaired) electrons. The van der Waals surface area contributed by atoms with E-state index in [1.54, 1.807) is 4.90 Å². The molecule has 10 heteroatoms. The molecule has 1 unspecified atom stereocenters. The molecule has 0 bridgehead atoms. The number of nitrogens with one attached hydrogen (secondary N) is 1. The average molecular weight is 424 g/mol. The first kappa shape index (κ1) is 21.9. The lowest BCUT2D eigenvalue weighted by atomic mass is 9.92. The monoisotopic (exact) mass is 424 g/mol. The zero-order valence-corrected chi connectivity index (χ0v) is 16.8. The van der Waals surface area contributed by atoms with E-state index in [-0.39, 0.29) is 47.7 Å². The van der Waals surface area contributed by atoms with Gasteiger partial charge in [-0.25, -0.2) is 9.97 Å². The number of carbonyl (C=O) groups excluding carboxylic acids is 2. The molecular weight excluding hydrogens is 401 g/mol. The molecule has 1 saturated heterocycles. The molecule has 1 atom stereocenters. The van der Waals surface area contributed by atoms with Gasteiger partial charge >= 0.3 is 6.18 Å². The molecule has 162 valence electrons. The number of alkyl halides is 3. The number of halogens is 3. The summed E-state index contributed by atoms with van der Waals surface area (Å²) in [7, 11) is 0. The molecule has 1 fully saturated rings. The summed E-state index contributed by atoms with van der Waals surface area (Å²) in [5, 5.41) is -0.579. The maximum atomic E-state index is 13.7. The van der Waals surface area contributed by atoms with Gasteiger partial charge in [0.1, 0.15) is 11.6 Å². The van der Waals surface area contributed by atoms with E-state index in [9.17, 15) is 27.6 Å². The summed E-state index contributed by atoms with van der Waals surface area (Å²) in [6.07, 6.45) is -2.53. The summed E-state index contributed by atoms with van der Waals surface area (Å²) in [5.74, 6) is -0.320. The number of Topliss-reactive ketones (excluding diaryl/α,β-unsaturated/α-hetero) is 1. The van der Waals surface area contributed by atoms with Crippen molar-refractivity contribution in [1.82, 2.24) is 19.9 Å². The second-order valence-corrected chi connectivity index (χ2v) is 7.68. The minimum atomic E-state index is -4.74. The Morgan fingerprint density at radius 2 is 2.00 bits per heavy atom. The minimum Gasteiger partial charge on any atom is -0.342 e. The number of carbonyl (C=O) groups is 2. The van der Waals surface area contributed by atoms with Crippen LogP contribution in [0.15, 0.2) is 10.9 Å². The van der Waals surface area contributed by atoms with E-state index in [4.69, 9.17) is 0 Å². The fourth-order valence-electron chi connectivity index (χ4n) is 3.79. The third-order valence-corrected chi connectivity index (χ3v) is 5.23. The first-order valence-corrected chi connectivity index (χ1v) is 9.82. The molecule has 0 aromatic carbocycles. The van der Waals surface area contributed by atoms with Crippen molar-refractivity contribution in [3.63, 3.8) is 0 Å². The van der Waals surface area contributed by atoms with Crippen LogP contribution in [0.3, 0.4) is 0 Å². The standard InChI is InChI=1S/C20H23F3N4O3/c1-11(28)5-3-7-16(29)27-8-4-6-13(10-27)15-9-14(20(21,22)23)17-18(26-15)24-12(2)25-19(17)30/h9,13H,3-8,10H2,1-2H3,(H,24,25,26,30). The molecular formula is C20H23F3N4O3. The van der Waals surface area contributed by atoms with Crippen LogP contribution in [0.4, 0.5) is 13.2 Å². The number of amides is 1. The number of ketones is 1. The molecule has 3 rings (SSSR count). The van der Waals surface area contributed by atoms with Crippen LogP contribution in [0.1, 0.15) is 62.0 Å². The second-order valence-electron chi connectivity index (χ2n) is 7.68. The number of aryl methyl sites for hydroxylation is 1. The Morgan fingerprint density at radius 3 is 2.67 bits per heavy atom. The highest BCUT2D eigenvalue weighted by Crippen LogP contribution is 2.36. The van der Waals surface area contributed by atoms with E-state index in [1.165, 1.54) is 13.8 Å². The smallest absolute Gasteiger partial charge is 0.342 e. The van der Waals surface area contributed by atoms with Gasteiger partial charge in [-0.15, -0.1) is 0 Å². The number of piperidine rings is 1. The fraction of sp³-hybridized carbons (Fsp3) is 0.550. The third-order valence-electron chi connectivity index (χ3n) is 5.23. The molecule has 0 saturated carbocycles. The van der Waals surface area contributed by atoms with E-state index in [0.717, 1.165) is 6.07 Å². The molecule has 1 amide bonds. The van der Waals surface area contributed by atoms with Gasteiger partial charge in [-0.1, -0.05) is 0 Å². The van der Waals surface area contributed by atoms with Crippen molar-refractivity contribution in [2.45, 2.75) is 58.0 Å². The summed E-state index contributed by atoms with van der Waals surface area (Å²) in [5.41, 5.74) is -2.02. The van der Waals surface area contributed by atoms with Crippen molar-refractivity contribution in [2.24, 2.45) is 0 Å². The third kappa shape index (κ3) is 4.85. The van der Waals surface area contributed by atoms with Crippen LogP contribution >= 0.6 is 0 Å². The first-order valence-electron chi connectivity index (χ1n) is 9.82. The maximum absolute atomic E-state index is 13.7. The predicted molar refractivity (Wildman–Crippen MR) is 103 cm³/mol. The van der Waals surface area contributed by atoms with Crippen LogP contribution in [0.5, 0.6) is 0 Å². The van der Waals surface area contributed by atoms with Gasteiger partial charge in [-0.05, 0) is 39.2 Å². The van der Waals surface area contributed by atoms with Crippen molar-refractivity contribution in [1.29, 1.82) is 0 Å². The van der Waals surface area contributed by atoms with Gasteiger partial charge in [0, 0.05) is 37.5 Å².